The molecule has 1 amide bonds. The van der Waals surface area contributed by atoms with Crippen molar-refractivity contribution in [2.75, 3.05) is 36.6 Å². The first kappa shape index (κ1) is 25.8. The van der Waals surface area contributed by atoms with Crippen molar-refractivity contribution in [1.82, 2.24) is 5.32 Å². The summed E-state index contributed by atoms with van der Waals surface area (Å²) in [6.07, 6.45) is 0.390. The Kier molecular flexibility index (Phi) is 7.25. The van der Waals surface area contributed by atoms with E-state index in [-0.39, 0.29) is 35.3 Å². The van der Waals surface area contributed by atoms with Gasteiger partial charge in [0.1, 0.15) is 17.1 Å². The van der Waals surface area contributed by atoms with E-state index in [4.69, 9.17) is 13.9 Å². The molecule has 0 radical (unpaired) electrons. The van der Waals surface area contributed by atoms with Gasteiger partial charge in [-0.3, -0.25) is 4.31 Å². The number of nitrogens with zero attached hydrogens (tertiary/aromatic N) is 1. The molecule has 11 heteroatoms. The molecule has 37 heavy (non-hydrogen) atoms. The lowest BCUT2D eigenvalue weighted by molar-refractivity contribution is 0.203. The molecule has 4 aromatic rings. The van der Waals surface area contributed by atoms with Gasteiger partial charge in [-0.1, -0.05) is 12.1 Å². The zero-order valence-electron chi connectivity index (χ0n) is 20.7. The summed E-state index contributed by atoms with van der Waals surface area (Å²) < 4.78 is 57.0. The number of benzene rings is 3. The predicted molar refractivity (Wildman–Crippen MR) is 141 cm³/mol. The van der Waals surface area contributed by atoms with Crippen LogP contribution in [0.3, 0.4) is 0 Å². The lowest BCUT2D eigenvalue weighted by atomic mass is 10.1. The topological polar surface area (TPSA) is 110 Å². The SMILES string of the molecule is CCN(c1cc2oc(-c3ccc(Nc4ccccc4F)cc3)c(OC(=O)NC)c2cc1OC)S(C)(=O)=O. The van der Waals surface area contributed by atoms with Crippen molar-refractivity contribution in [2.24, 2.45) is 0 Å². The highest BCUT2D eigenvalue weighted by atomic mass is 32.2. The van der Waals surface area contributed by atoms with E-state index in [0.717, 1.165) is 6.26 Å². The Morgan fingerprint density at radius 2 is 1.81 bits per heavy atom. The Labute approximate surface area is 213 Å². The predicted octanol–water partition coefficient (Wildman–Crippen LogP) is 5.50. The monoisotopic (exact) mass is 527 g/mol. The van der Waals surface area contributed by atoms with Crippen molar-refractivity contribution < 1.29 is 31.5 Å². The van der Waals surface area contributed by atoms with Crippen molar-refractivity contribution in [1.29, 1.82) is 0 Å². The third-order valence-corrected chi connectivity index (χ3v) is 6.85. The minimum absolute atomic E-state index is 0.136. The molecule has 0 spiro atoms. The summed E-state index contributed by atoms with van der Waals surface area (Å²) in [4.78, 5) is 12.2. The second kappa shape index (κ2) is 10.4. The van der Waals surface area contributed by atoms with E-state index in [1.54, 1.807) is 55.5 Å². The Morgan fingerprint density at radius 1 is 1.11 bits per heavy atom. The highest BCUT2D eigenvalue weighted by molar-refractivity contribution is 7.92. The van der Waals surface area contributed by atoms with Gasteiger partial charge in [0.05, 0.1) is 30.1 Å². The molecule has 4 rings (SSSR count). The first-order chi connectivity index (χ1) is 17.7. The van der Waals surface area contributed by atoms with E-state index < -0.39 is 16.1 Å². The standard InChI is InChI=1S/C26H26FN3O6S/c1-5-30(37(4,32)33)21-15-22-18(14-23(21)34-3)25(36-26(31)28-2)24(35-22)16-10-12-17(13-11-16)29-20-9-7-6-8-19(20)27/h6-15,29H,5H2,1-4H3,(H,28,31). The molecule has 0 unspecified atom stereocenters. The highest BCUT2D eigenvalue weighted by Crippen LogP contribution is 2.45. The summed E-state index contributed by atoms with van der Waals surface area (Å²) in [5.41, 5.74) is 2.12. The molecule has 9 nitrogen and oxygen atoms in total. The smallest absolute Gasteiger partial charge is 0.412 e. The van der Waals surface area contributed by atoms with Crippen LogP contribution in [0.25, 0.3) is 22.3 Å². The van der Waals surface area contributed by atoms with Gasteiger partial charge in [0.2, 0.25) is 10.0 Å². The molecule has 1 heterocycles. The minimum Gasteiger partial charge on any atom is -0.495 e. The van der Waals surface area contributed by atoms with E-state index in [9.17, 15) is 17.6 Å². The molecule has 0 saturated heterocycles. The number of para-hydroxylation sites is 1. The highest BCUT2D eigenvalue weighted by Gasteiger charge is 2.26. The van der Waals surface area contributed by atoms with Crippen molar-refractivity contribution in [3.05, 3.63) is 66.5 Å². The van der Waals surface area contributed by atoms with Crippen molar-refractivity contribution in [3.63, 3.8) is 0 Å². The van der Waals surface area contributed by atoms with Gasteiger partial charge in [-0.15, -0.1) is 0 Å². The number of nitrogens with one attached hydrogen (secondary N) is 2. The molecule has 1 aromatic heterocycles. The first-order valence-corrected chi connectivity index (χ1v) is 13.1. The zero-order chi connectivity index (χ0) is 26.7. The fourth-order valence-corrected chi connectivity index (χ4v) is 4.86. The van der Waals surface area contributed by atoms with Crippen LogP contribution in [0, 0.1) is 5.82 Å². The molecule has 0 aliphatic rings. The summed E-state index contributed by atoms with van der Waals surface area (Å²) in [7, 11) is -0.752. The fraction of sp³-hybridized carbons (Fsp3) is 0.192. The van der Waals surface area contributed by atoms with E-state index in [0.29, 0.717) is 27.9 Å². The number of halogens is 1. The van der Waals surface area contributed by atoms with Crippen LogP contribution in [0.1, 0.15) is 6.92 Å². The van der Waals surface area contributed by atoms with Gasteiger partial charge < -0.3 is 24.5 Å². The lowest BCUT2D eigenvalue weighted by Gasteiger charge is -2.22. The van der Waals surface area contributed by atoms with E-state index in [1.165, 1.54) is 30.6 Å². The number of rotatable bonds is 8. The number of anilines is 3. The number of carbonyl (C=O) groups excluding carboxylic acids is 1. The van der Waals surface area contributed by atoms with Gasteiger partial charge in [0.15, 0.2) is 11.5 Å². The number of fused-ring (bicyclic) bond motifs is 1. The summed E-state index contributed by atoms with van der Waals surface area (Å²) >= 11 is 0. The Hall–Kier alpha value is -4.25. The maximum Gasteiger partial charge on any atom is 0.412 e. The number of methoxy groups -OCH3 is 1. The third-order valence-electron chi connectivity index (χ3n) is 5.60. The van der Waals surface area contributed by atoms with Crippen molar-refractivity contribution in [2.45, 2.75) is 6.92 Å². The van der Waals surface area contributed by atoms with E-state index in [1.807, 2.05) is 0 Å². The second-order valence-corrected chi connectivity index (χ2v) is 9.94. The molecule has 0 saturated carbocycles. The number of amides is 1. The third kappa shape index (κ3) is 5.31. The minimum atomic E-state index is -3.60. The average molecular weight is 528 g/mol. The van der Waals surface area contributed by atoms with Gasteiger partial charge in [-0.25, -0.2) is 17.6 Å². The number of carbonyl (C=O) groups is 1. The van der Waals surface area contributed by atoms with Crippen LogP contribution >= 0.6 is 0 Å². The van der Waals surface area contributed by atoms with Crippen LogP contribution in [-0.2, 0) is 10.0 Å². The Morgan fingerprint density at radius 3 is 2.41 bits per heavy atom. The summed E-state index contributed by atoms with van der Waals surface area (Å²) in [5.74, 6) is 0.262. The summed E-state index contributed by atoms with van der Waals surface area (Å²) in [6, 6.07) is 16.3. The molecular formula is C26H26FN3O6S. The van der Waals surface area contributed by atoms with Crippen LogP contribution in [0.2, 0.25) is 0 Å². The molecule has 3 aromatic carbocycles. The van der Waals surface area contributed by atoms with Crippen LogP contribution in [0.15, 0.2) is 65.1 Å². The number of hydrogen-bond acceptors (Lipinski definition) is 7. The molecule has 0 fully saturated rings. The maximum atomic E-state index is 14.0. The number of sulfonamides is 1. The number of hydrogen-bond donors (Lipinski definition) is 2. The lowest BCUT2D eigenvalue weighted by Crippen LogP contribution is -2.29. The molecule has 2 N–H and O–H groups in total. The molecule has 194 valence electrons. The number of furan rings is 1. The van der Waals surface area contributed by atoms with Crippen LogP contribution in [-0.4, -0.2) is 41.5 Å². The molecule has 0 bridgehead atoms. The van der Waals surface area contributed by atoms with Crippen molar-refractivity contribution >= 4 is 44.1 Å². The average Bonchev–Trinajstić information content (AvgIpc) is 3.21. The molecular weight excluding hydrogens is 501 g/mol. The van der Waals surface area contributed by atoms with Gasteiger partial charge >= 0.3 is 6.09 Å². The normalized spacial score (nSPS) is 11.3. The van der Waals surface area contributed by atoms with E-state index in [2.05, 4.69) is 10.6 Å². The maximum absolute atomic E-state index is 14.0. The van der Waals surface area contributed by atoms with Gasteiger partial charge in [-0.2, -0.15) is 0 Å². The summed E-state index contributed by atoms with van der Waals surface area (Å²) in [5, 5.41) is 5.83. The molecule has 0 aliphatic carbocycles. The van der Waals surface area contributed by atoms with E-state index >= 15 is 0 Å². The number of ether oxygens (including phenoxy) is 2. The Bertz CT molecular complexity index is 1550. The largest absolute Gasteiger partial charge is 0.495 e. The first-order valence-electron chi connectivity index (χ1n) is 11.3. The molecule has 0 atom stereocenters. The van der Waals surface area contributed by atoms with Gasteiger partial charge in [0, 0.05) is 30.9 Å². The van der Waals surface area contributed by atoms with Crippen LogP contribution in [0.4, 0.5) is 26.2 Å². The van der Waals surface area contributed by atoms with Gasteiger partial charge in [-0.05, 0) is 49.4 Å². The summed E-state index contributed by atoms with van der Waals surface area (Å²) in [6.45, 7) is 1.88. The Balaban J connectivity index is 1.82. The quantitative estimate of drug-likeness (QED) is 0.312. The van der Waals surface area contributed by atoms with Gasteiger partial charge in [0.25, 0.3) is 0 Å². The fourth-order valence-electron chi connectivity index (χ4n) is 3.89. The van der Waals surface area contributed by atoms with Crippen LogP contribution < -0.4 is 24.4 Å². The zero-order valence-corrected chi connectivity index (χ0v) is 21.5. The molecule has 0 aliphatic heterocycles. The second-order valence-electron chi connectivity index (χ2n) is 8.03. The van der Waals surface area contributed by atoms with Crippen LogP contribution in [0.5, 0.6) is 11.5 Å². The van der Waals surface area contributed by atoms with Crippen molar-refractivity contribution in [3.8, 4) is 22.8 Å².